The first-order valence-electron chi connectivity index (χ1n) is 12.8. The molecule has 0 aliphatic carbocycles. The standard InChI is InChI=1S/C29H32F3N3O3/c1-3-20-16-33-28(34-17-20)35(18-21-7-10-24(11-8-21)29(30,31)32)12-4-5-25-19(2)13-23-9-6-22(15-27(36)37)14-26(23)38-25/h6-11,14,16-17,19,25H,3-5,12-13,15,18H2,1-2H3,(H,36,37). The molecule has 0 spiro atoms. The van der Waals surface area contributed by atoms with E-state index in [9.17, 15) is 18.0 Å². The van der Waals surface area contributed by atoms with Crippen LogP contribution < -0.4 is 9.64 Å². The van der Waals surface area contributed by atoms with E-state index in [4.69, 9.17) is 9.84 Å². The summed E-state index contributed by atoms with van der Waals surface area (Å²) in [4.78, 5) is 22.1. The summed E-state index contributed by atoms with van der Waals surface area (Å²) in [7, 11) is 0. The van der Waals surface area contributed by atoms with Crippen LogP contribution in [0.15, 0.2) is 54.9 Å². The van der Waals surface area contributed by atoms with Crippen molar-refractivity contribution < 1.29 is 27.8 Å². The molecular formula is C29H32F3N3O3. The number of rotatable bonds is 10. The lowest BCUT2D eigenvalue weighted by Crippen LogP contribution is -2.33. The van der Waals surface area contributed by atoms with Gasteiger partial charge in [0.1, 0.15) is 11.9 Å². The summed E-state index contributed by atoms with van der Waals surface area (Å²) in [6, 6.07) is 10.8. The molecule has 1 N–H and O–H groups in total. The van der Waals surface area contributed by atoms with Gasteiger partial charge >= 0.3 is 12.1 Å². The Balaban J connectivity index is 1.44. The maximum absolute atomic E-state index is 13.0. The highest BCUT2D eigenvalue weighted by molar-refractivity contribution is 5.70. The average Bonchev–Trinajstić information content (AvgIpc) is 2.88. The van der Waals surface area contributed by atoms with Crippen molar-refractivity contribution in [1.29, 1.82) is 0 Å². The Kier molecular flexibility index (Phi) is 8.54. The van der Waals surface area contributed by atoms with E-state index < -0.39 is 17.7 Å². The normalized spacial score (nSPS) is 17.0. The number of carbonyl (C=O) groups is 1. The van der Waals surface area contributed by atoms with Crippen LogP contribution in [0.2, 0.25) is 0 Å². The van der Waals surface area contributed by atoms with E-state index in [0.717, 1.165) is 60.3 Å². The molecule has 0 saturated heterocycles. The van der Waals surface area contributed by atoms with Gasteiger partial charge < -0.3 is 14.7 Å². The van der Waals surface area contributed by atoms with Gasteiger partial charge in [-0.05, 0) is 72.1 Å². The van der Waals surface area contributed by atoms with Crippen molar-refractivity contribution in [2.45, 2.75) is 64.8 Å². The first-order valence-corrected chi connectivity index (χ1v) is 12.8. The summed E-state index contributed by atoms with van der Waals surface area (Å²) in [6.45, 7) is 5.15. The van der Waals surface area contributed by atoms with Crippen molar-refractivity contribution in [2.75, 3.05) is 11.4 Å². The molecule has 1 aliphatic heterocycles. The molecule has 2 heterocycles. The van der Waals surface area contributed by atoms with E-state index in [1.165, 1.54) is 12.1 Å². The topological polar surface area (TPSA) is 75.6 Å². The van der Waals surface area contributed by atoms with Gasteiger partial charge in [0.05, 0.1) is 12.0 Å². The van der Waals surface area contributed by atoms with Crippen LogP contribution in [-0.2, 0) is 36.8 Å². The van der Waals surface area contributed by atoms with Crippen LogP contribution in [0.1, 0.15) is 54.5 Å². The molecule has 202 valence electrons. The number of hydrogen-bond acceptors (Lipinski definition) is 5. The number of fused-ring (bicyclic) bond motifs is 1. The molecule has 38 heavy (non-hydrogen) atoms. The van der Waals surface area contributed by atoms with E-state index in [0.29, 0.717) is 24.6 Å². The third-order valence-electron chi connectivity index (χ3n) is 6.90. The monoisotopic (exact) mass is 527 g/mol. The van der Waals surface area contributed by atoms with Crippen molar-refractivity contribution in [3.8, 4) is 5.75 Å². The summed E-state index contributed by atoms with van der Waals surface area (Å²) in [5, 5.41) is 9.11. The van der Waals surface area contributed by atoms with Crippen molar-refractivity contribution >= 4 is 11.9 Å². The zero-order valence-electron chi connectivity index (χ0n) is 21.5. The minimum atomic E-state index is -4.37. The fourth-order valence-electron chi connectivity index (χ4n) is 4.71. The lowest BCUT2D eigenvalue weighted by Gasteiger charge is -2.32. The molecule has 2 unspecified atom stereocenters. The fourth-order valence-corrected chi connectivity index (χ4v) is 4.71. The summed E-state index contributed by atoms with van der Waals surface area (Å²) < 4.78 is 45.3. The van der Waals surface area contributed by atoms with Gasteiger partial charge in [0.2, 0.25) is 5.95 Å². The summed E-state index contributed by atoms with van der Waals surface area (Å²) in [6.07, 6.45) is 2.29. The van der Waals surface area contributed by atoms with Crippen molar-refractivity contribution in [1.82, 2.24) is 9.97 Å². The largest absolute Gasteiger partial charge is 0.490 e. The van der Waals surface area contributed by atoms with Gasteiger partial charge in [-0.15, -0.1) is 0 Å². The van der Waals surface area contributed by atoms with Crippen LogP contribution >= 0.6 is 0 Å². The Labute approximate surface area is 220 Å². The number of hydrogen-bond donors (Lipinski definition) is 1. The van der Waals surface area contributed by atoms with Crippen molar-refractivity contribution in [2.24, 2.45) is 5.92 Å². The van der Waals surface area contributed by atoms with Crippen LogP contribution in [0, 0.1) is 5.92 Å². The SMILES string of the molecule is CCc1cnc(N(CCCC2Oc3cc(CC(=O)O)ccc3CC2C)Cc2ccc(C(F)(F)F)cc2)nc1. The Morgan fingerprint density at radius 2 is 1.76 bits per heavy atom. The van der Waals surface area contributed by atoms with Crippen molar-refractivity contribution in [3.05, 3.63) is 82.7 Å². The lowest BCUT2D eigenvalue weighted by atomic mass is 9.89. The first-order chi connectivity index (χ1) is 18.1. The highest BCUT2D eigenvalue weighted by Gasteiger charge is 2.30. The molecule has 6 nitrogen and oxygen atoms in total. The molecule has 4 rings (SSSR count). The number of carboxylic acid groups (broad SMARTS) is 1. The molecular weight excluding hydrogens is 495 g/mol. The van der Waals surface area contributed by atoms with Gasteiger partial charge in [-0.2, -0.15) is 13.2 Å². The van der Waals surface area contributed by atoms with Crippen LogP contribution in [0.3, 0.4) is 0 Å². The Morgan fingerprint density at radius 1 is 1.08 bits per heavy atom. The Morgan fingerprint density at radius 3 is 2.39 bits per heavy atom. The van der Waals surface area contributed by atoms with Crippen LogP contribution in [0.25, 0.3) is 0 Å². The lowest BCUT2D eigenvalue weighted by molar-refractivity contribution is -0.138. The van der Waals surface area contributed by atoms with E-state index in [2.05, 4.69) is 16.9 Å². The second-order valence-corrected chi connectivity index (χ2v) is 9.85. The fraction of sp³-hybridized carbons (Fsp3) is 0.414. The maximum Gasteiger partial charge on any atom is 0.416 e. The van der Waals surface area contributed by atoms with Gasteiger partial charge in [0.15, 0.2) is 0 Å². The summed E-state index contributed by atoms with van der Waals surface area (Å²) in [5.41, 5.74) is 2.86. The van der Waals surface area contributed by atoms with E-state index in [1.54, 1.807) is 12.4 Å². The highest BCUT2D eigenvalue weighted by atomic mass is 19.4. The van der Waals surface area contributed by atoms with Gasteiger partial charge in [-0.3, -0.25) is 4.79 Å². The summed E-state index contributed by atoms with van der Waals surface area (Å²) in [5.74, 6) is 0.680. The number of nitrogens with zero attached hydrogens (tertiary/aromatic N) is 3. The van der Waals surface area contributed by atoms with Gasteiger partial charge in [0, 0.05) is 25.5 Å². The number of ether oxygens (including phenoxy) is 1. The van der Waals surface area contributed by atoms with Gasteiger partial charge in [0.25, 0.3) is 0 Å². The van der Waals surface area contributed by atoms with Crippen LogP contribution in [-0.4, -0.2) is 33.7 Å². The smallest absolute Gasteiger partial charge is 0.416 e. The Bertz CT molecular complexity index is 1230. The van der Waals surface area contributed by atoms with Gasteiger partial charge in [-0.25, -0.2) is 9.97 Å². The number of carboxylic acids is 1. The number of aryl methyl sites for hydroxylation is 1. The number of benzene rings is 2. The van der Waals surface area contributed by atoms with Crippen LogP contribution in [0.5, 0.6) is 5.75 Å². The third kappa shape index (κ3) is 7.02. The molecule has 2 atom stereocenters. The van der Waals surface area contributed by atoms with E-state index >= 15 is 0 Å². The molecule has 0 amide bonds. The number of aromatic nitrogens is 2. The first kappa shape index (κ1) is 27.4. The molecule has 2 aromatic carbocycles. The third-order valence-corrected chi connectivity index (χ3v) is 6.90. The molecule has 0 bridgehead atoms. The molecule has 0 radical (unpaired) electrons. The minimum absolute atomic E-state index is 0.0288. The maximum atomic E-state index is 13.0. The molecule has 1 aliphatic rings. The quantitative estimate of drug-likeness (QED) is 0.343. The second kappa shape index (κ2) is 11.8. The molecule has 0 fully saturated rings. The minimum Gasteiger partial charge on any atom is -0.490 e. The molecule has 1 aromatic heterocycles. The zero-order valence-corrected chi connectivity index (χ0v) is 21.5. The van der Waals surface area contributed by atoms with E-state index in [-0.39, 0.29) is 18.4 Å². The number of aliphatic carboxylic acids is 1. The molecule has 9 heteroatoms. The average molecular weight is 528 g/mol. The predicted molar refractivity (Wildman–Crippen MR) is 138 cm³/mol. The summed E-state index contributed by atoms with van der Waals surface area (Å²) >= 11 is 0. The number of alkyl halides is 3. The molecule has 3 aromatic rings. The van der Waals surface area contributed by atoms with Crippen molar-refractivity contribution in [3.63, 3.8) is 0 Å². The number of halogens is 3. The predicted octanol–water partition coefficient (Wildman–Crippen LogP) is 6.11. The molecule has 0 saturated carbocycles. The zero-order chi connectivity index (χ0) is 27.3. The second-order valence-electron chi connectivity index (χ2n) is 9.85. The Hall–Kier alpha value is -3.62. The van der Waals surface area contributed by atoms with Gasteiger partial charge in [-0.1, -0.05) is 38.1 Å². The number of anilines is 1. The van der Waals surface area contributed by atoms with Crippen LogP contribution in [0.4, 0.5) is 19.1 Å². The highest BCUT2D eigenvalue weighted by Crippen LogP contribution is 2.34. The van der Waals surface area contributed by atoms with E-state index in [1.807, 2.05) is 30.0 Å².